The normalized spacial score (nSPS) is 14.9. The van der Waals surface area contributed by atoms with Crippen molar-refractivity contribution in [2.75, 3.05) is 31.1 Å². The smallest absolute Gasteiger partial charge is 0.219 e. The summed E-state index contributed by atoms with van der Waals surface area (Å²) in [5.74, 6) is 2.04. The molecule has 0 radical (unpaired) electrons. The van der Waals surface area contributed by atoms with Crippen LogP contribution >= 0.6 is 0 Å². The number of fused-ring (bicyclic) bond motifs is 1. The summed E-state index contributed by atoms with van der Waals surface area (Å²) in [6.45, 7) is 6.79. The van der Waals surface area contributed by atoms with Gasteiger partial charge in [0.05, 0.1) is 11.0 Å². The summed E-state index contributed by atoms with van der Waals surface area (Å²) >= 11 is 0. The van der Waals surface area contributed by atoms with Gasteiger partial charge in [-0.2, -0.15) is 0 Å². The van der Waals surface area contributed by atoms with Crippen LogP contribution in [0.1, 0.15) is 12.5 Å². The van der Waals surface area contributed by atoms with E-state index in [1.54, 1.807) is 6.92 Å². The summed E-state index contributed by atoms with van der Waals surface area (Å²) in [5.41, 5.74) is 4.32. The molecule has 1 aliphatic heterocycles. The van der Waals surface area contributed by atoms with E-state index in [4.69, 9.17) is 4.98 Å². The lowest BCUT2D eigenvalue weighted by Crippen LogP contribution is -2.48. The largest absolute Gasteiger partial charge is 0.353 e. The first-order valence-electron chi connectivity index (χ1n) is 8.93. The maximum absolute atomic E-state index is 11.5. The summed E-state index contributed by atoms with van der Waals surface area (Å²) in [4.78, 5) is 25.1. The van der Waals surface area contributed by atoms with E-state index in [1.165, 1.54) is 0 Å². The second-order valence-electron chi connectivity index (χ2n) is 6.83. The van der Waals surface area contributed by atoms with Crippen molar-refractivity contribution < 1.29 is 4.79 Å². The number of carbonyl (C=O) groups excluding carboxylic acids is 1. The highest BCUT2D eigenvalue weighted by Gasteiger charge is 2.21. The first-order chi connectivity index (χ1) is 12.5. The lowest BCUT2D eigenvalue weighted by Gasteiger charge is -2.35. The first kappa shape index (κ1) is 16.6. The summed E-state index contributed by atoms with van der Waals surface area (Å²) in [6.07, 6.45) is 1.92. The number of benzene rings is 1. The van der Waals surface area contributed by atoms with Gasteiger partial charge in [0, 0.05) is 51.9 Å². The zero-order valence-corrected chi connectivity index (χ0v) is 15.4. The van der Waals surface area contributed by atoms with Crippen LogP contribution in [0.5, 0.6) is 0 Å². The molecular formula is C20H23N5O. The van der Waals surface area contributed by atoms with Crippen LogP contribution in [0.2, 0.25) is 0 Å². The predicted molar refractivity (Wildman–Crippen MR) is 103 cm³/mol. The Morgan fingerprint density at radius 3 is 2.54 bits per heavy atom. The molecule has 3 aromatic rings. The number of pyridine rings is 1. The number of imidazole rings is 1. The van der Waals surface area contributed by atoms with Crippen molar-refractivity contribution >= 4 is 22.8 Å². The van der Waals surface area contributed by atoms with Crippen LogP contribution < -0.4 is 4.90 Å². The van der Waals surface area contributed by atoms with Gasteiger partial charge in [0.1, 0.15) is 11.6 Å². The fourth-order valence-corrected chi connectivity index (χ4v) is 3.56. The van der Waals surface area contributed by atoms with Crippen molar-refractivity contribution in [2.24, 2.45) is 7.05 Å². The number of carbonyl (C=O) groups is 1. The van der Waals surface area contributed by atoms with Gasteiger partial charge in [-0.1, -0.05) is 12.1 Å². The number of rotatable bonds is 2. The highest BCUT2D eigenvalue weighted by molar-refractivity contribution is 5.81. The first-order valence-corrected chi connectivity index (χ1v) is 8.93. The molecule has 26 heavy (non-hydrogen) atoms. The summed E-state index contributed by atoms with van der Waals surface area (Å²) in [5, 5.41) is 0. The zero-order valence-electron chi connectivity index (χ0n) is 15.4. The minimum absolute atomic E-state index is 0.141. The highest BCUT2D eigenvalue weighted by Crippen LogP contribution is 2.29. The maximum atomic E-state index is 11.5. The van der Waals surface area contributed by atoms with Gasteiger partial charge in [0.2, 0.25) is 5.91 Å². The molecule has 1 aliphatic rings. The Kier molecular flexibility index (Phi) is 4.11. The average molecular weight is 349 g/mol. The molecule has 2 aromatic heterocycles. The Morgan fingerprint density at radius 2 is 1.85 bits per heavy atom. The van der Waals surface area contributed by atoms with E-state index in [0.717, 1.165) is 60.0 Å². The molecule has 3 heterocycles. The van der Waals surface area contributed by atoms with Gasteiger partial charge in [-0.3, -0.25) is 4.79 Å². The SMILES string of the molecule is CC(=O)N1CCN(c2cc(-c3nc4ccccc4n3C)c(C)cn2)CC1. The molecule has 1 saturated heterocycles. The van der Waals surface area contributed by atoms with Gasteiger partial charge >= 0.3 is 0 Å². The van der Waals surface area contributed by atoms with Crippen LogP contribution in [0.4, 0.5) is 5.82 Å². The highest BCUT2D eigenvalue weighted by atomic mass is 16.2. The number of anilines is 1. The van der Waals surface area contributed by atoms with Crippen LogP contribution in [0, 0.1) is 6.92 Å². The maximum Gasteiger partial charge on any atom is 0.219 e. The summed E-state index contributed by atoms with van der Waals surface area (Å²) in [6, 6.07) is 10.3. The number of aryl methyl sites for hydroxylation is 2. The Morgan fingerprint density at radius 1 is 1.12 bits per heavy atom. The third-order valence-corrected chi connectivity index (χ3v) is 5.17. The molecule has 0 saturated carbocycles. The van der Waals surface area contributed by atoms with E-state index in [1.807, 2.05) is 29.3 Å². The van der Waals surface area contributed by atoms with Crippen LogP contribution in [0.25, 0.3) is 22.4 Å². The molecule has 4 rings (SSSR count). The van der Waals surface area contributed by atoms with E-state index in [9.17, 15) is 4.79 Å². The number of hydrogen-bond acceptors (Lipinski definition) is 4. The minimum Gasteiger partial charge on any atom is -0.353 e. The molecule has 0 bridgehead atoms. The molecule has 6 heteroatoms. The van der Waals surface area contributed by atoms with Crippen LogP contribution in [-0.4, -0.2) is 51.5 Å². The van der Waals surface area contributed by atoms with Gasteiger partial charge < -0.3 is 14.4 Å². The van der Waals surface area contributed by atoms with Gasteiger partial charge in [-0.25, -0.2) is 9.97 Å². The van der Waals surface area contributed by atoms with Crippen molar-refractivity contribution in [2.45, 2.75) is 13.8 Å². The number of aromatic nitrogens is 3. The van der Waals surface area contributed by atoms with Gasteiger partial charge in [0.25, 0.3) is 0 Å². The third-order valence-electron chi connectivity index (χ3n) is 5.17. The molecule has 6 nitrogen and oxygen atoms in total. The van der Waals surface area contributed by atoms with E-state index >= 15 is 0 Å². The molecule has 1 aromatic carbocycles. The second-order valence-corrected chi connectivity index (χ2v) is 6.83. The quantitative estimate of drug-likeness (QED) is 0.714. The molecule has 0 unspecified atom stereocenters. The number of nitrogens with zero attached hydrogens (tertiary/aromatic N) is 5. The van der Waals surface area contributed by atoms with Crippen molar-refractivity contribution in [3.05, 3.63) is 42.1 Å². The zero-order chi connectivity index (χ0) is 18.3. The van der Waals surface area contributed by atoms with Crippen LogP contribution in [-0.2, 0) is 11.8 Å². The van der Waals surface area contributed by atoms with Crippen molar-refractivity contribution in [1.82, 2.24) is 19.4 Å². The predicted octanol–water partition coefficient (Wildman–Crippen LogP) is 2.61. The molecule has 0 aliphatic carbocycles. The topological polar surface area (TPSA) is 54.3 Å². The minimum atomic E-state index is 0.141. The van der Waals surface area contributed by atoms with Gasteiger partial charge in [0.15, 0.2) is 0 Å². The fourth-order valence-electron chi connectivity index (χ4n) is 3.56. The standard InChI is InChI=1S/C20H23N5O/c1-14-13-21-19(25-10-8-24(9-11-25)15(2)26)12-16(14)20-22-17-6-4-5-7-18(17)23(20)3/h4-7,12-13H,8-11H2,1-3H3. The lowest BCUT2D eigenvalue weighted by molar-refractivity contribution is -0.129. The van der Waals surface area contributed by atoms with Crippen molar-refractivity contribution in [1.29, 1.82) is 0 Å². The van der Waals surface area contributed by atoms with Gasteiger partial charge in [-0.15, -0.1) is 0 Å². The lowest BCUT2D eigenvalue weighted by atomic mass is 10.1. The van der Waals surface area contributed by atoms with E-state index in [-0.39, 0.29) is 5.91 Å². The Labute approximate surface area is 153 Å². The van der Waals surface area contributed by atoms with Crippen molar-refractivity contribution in [3.8, 4) is 11.4 Å². The fraction of sp³-hybridized carbons (Fsp3) is 0.350. The summed E-state index contributed by atoms with van der Waals surface area (Å²) in [7, 11) is 2.05. The van der Waals surface area contributed by atoms with Crippen LogP contribution in [0.3, 0.4) is 0 Å². The number of para-hydroxylation sites is 2. The number of hydrogen-bond donors (Lipinski definition) is 0. The molecule has 0 atom stereocenters. The molecule has 134 valence electrons. The molecule has 0 N–H and O–H groups in total. The van der Waals surface area contributed by atoms with Crippen LogP contribution in [0.15, 0.2) is 36.5 Å². The molecule has 0 spiro atoms. The number of amides is 1. The average Bonchev–Trinajstić information content (AvgIpc) is 2.99. The van der Waals surface area contributed by atoms with E-state index < -0.39 is 0 Å². The molecule has 1 fully saturated rings. The molecular weight excluding hydrogens is 326 g/mol. The Balaban J connectivity index is 1.69. The second kappa shape index (κ2) is 6.44. The molecule has 1 amide bonds. The van der Waals surface area contributed by atoms with Gasteiger partial charge in [-0.05, 0) is 30.7 Å². The van der Waals surface area contributed by atoms with Crippen molar-refractivity contribution in [3.63, 3.8) is 0 Å². The van der Waals surface area contributed by atoms with E-state index in [2.05, 4.69) is 40.6 Å². The third kappa shape index (κ3) is 2.81. The van der Waals surface area contributed by atoms with E-state index in [0.29, 0.717) is 0 Å². The Hall–Kier alpha value is -2.89. The number of piperazine rings is 1. The summed E-state index contributed by atoms with van der Waals surface area (Å²) < 4.78 is 2.13. The monoisotopic (exact) mass is 349 g/mol. The Bertz CT molecular complexity index is 969.